The molecule has 0 unspecified atom stereocenters. The van der Waals surface area contributed by atoms with Crippen LogP contribution in [-0.2, 0) is 6.54 Å². The summed E-state index contributed by atoms with van der Waals surface area (Å²) in [6.45, 7) is 3.08. The first-order valence-corrected chi connectivity index (χ1v) is 6.16. The zero-order valence-electron chi connectivity index (χ0n) is 10.2. The van der Waals surface area contributed by atoms with Crippen LogP contribution in [0.5, 0.6) is 0 Å². The molecule has 2 heteroatoms. The van der Waals surface area contributed by atoms with Crippen LogP contribution in [0.3, 0.4) is 0 Å². The van der Waals surface area contributed by atoms with E-state index in [1.165, 1.54) is 16.3 Å². The van der Waals surface area contributed by atoms with E-state index < -0.39 is 0 Å². The van der Waals surface area contributed by atoms with Crippen LogP contribution in [0.25, 0.3) is 10.8 Å². The molecule has 0 amide bonds. The normalized spacial score (nSPS) is 12.8. The minimum Gasteiger partial charge on any atom is -0.395 e. The van der Waals surface area contributed by atoms with Crippen LogP contribution in [0.2, 0.25) is 0 Å². The highest BCUT2D eigenvalue weighted by Crippen LogP contribution is 2.18. The Kier molecular flexibility index (Phi) is 4.13. The fourth-order valence-electron chi connectivity index (χ4n) is 2.04. The fourth-order valence-corrected chi connectivity index (χ4v) is 2.04. The first-order valence-electron chi connectivity index (χ1n) is 6.16. The molecular weight excluding hydrogens is 210 g/mol. The lowest BCUT2D eigenvalue weighted by Gasteiger charge is -2.15. The Morgan fingerprint density at radius 2 is 1.88 bits per heavy atom. The van der Waals surface area contributed by atoms with E-state index in [1.807, 2.05) is 0 Å². The van der Waals surface area contributed by atoms with E-state index >= 15 is 0 Å². The zero-order valence-corrected chi connectivity index (χ0v) is 10.2. The number of hydrogen-bond donors (Lipinski definition) is 2. The molecule has 0 spiro atoms. The Hall–Kier alpha value is -1.38. The van der Waals surface area contributed by atoms with E-state index in [0.29, 0.717) is 0 Å². The van der Waals surface area contributed by atoms with Gasteiger partial charge in [0.2, 0.25) is 0 Å². The Balaban J connectivity index is 2.18. The summed E-state index contributed by atoms with van der Waals surface area (Å²) in [5.74, 6) is 0. The van der Waals surface area contributed by atoms with Crippen LogP contribution in [0, 0.1) is 0 Å². The van der Waals surface area contributed by atoms with E-state index in [0.717, 1.165) is 13.0 Å². The predicted octanol–water partition coefficient (Wildman–Crippen LogP) is 2.70. The summed E-state index contributed by atoms with van der Waals surface area (Å²) in [6, 6.07) is 14.9. The van der Waals surface area contributed by atoms with E-state index in [-0.39, 0.29) is 12.6 Å². The molecule has 90 valence electrons. The summed E-state index contributed by atoms with van der Waals surface area (Å²) in [6.07, 6.45) is 0.946. The van der Waals surface area contributed by atoms with Crippen LogP contribution >= 0.6 is 0 Å². The molecule has 0 fully saturated rings. The van der Waals surface area contributed by atoms with Crippen LogP contribution in [0.15, 0.2) is 42.5 Å². The maximum absolute atomic E-state index is 9.15. The number of nitrogens with one attached hydrogen (secondary N) is 1. The van der Waals surface area contributed by atoms with Crippen molar-refractivity contribution in [3.8, 4) is 0 Å². The van der Waals surface area contributed by atoms with Gasteiger partial charge >= 0.3 is 0 Å². The quantitative estimate of drug-likeness (QED) is 0.826. The molecule has 0 heterocycles. The second-order valence-corrected chi connectivity index (χ2v) is 4.31. The van der Waals surface area contributed by atoms with E-state index in [2.05, 4.69) is 54.7 Å². The van der Waals surface area contributed by atoms with Gasteiger partial charge in [-0.05, 0) is 22.8 Å². The second-order valence-electron chi connectivity index (χ2n) is 4.31. The third kappa shape index (κ3) is 2.84. The van der Waals surface area contributed by atoms with Crippen LogP contribution in [0.4, 0.5) is 0 Å². The monoisotopic (exact) mass is 229 g/mol. The molecule has 0 bridgehead atoms. The molecule has 17 heavy (non-hydrogen) atoms. The molecule has 2 N–H and O–H groups in total. The maximum Gasteiger partial charge on any atom is 0.0584 e. The molecule has 0 saturated heterocycles. The van der Waals surface area contributed by atoms with Gasteiger partial charge in [0, 0.05) is 12.6 Å². The molecule has 2 aromatic carbocycles. The molecule has 0 aliphatic heterocycles. The van der Waals surface area contributed by atoms with Crippen LogP contribution in [-0.4, -0.2) is 17.8 Å². The standard InChI is InChI=1S/C15H19NO/c1-2-14(11-17)16-10-13-8-5-7-12-6-3-4-9-15(12)13/h3-9,14,16-17H,2,10-11H2,1H3/t14-/m1/s1. The number of fused-ring (bicyclic) bond motifs is 1. The third-order valence-electron chi connectivity index (χ3n) is 3.17. The molecule has 0 radical (unpaired) electrons. The Labute approximate surface area is 102 Å². The van der Waals surface area contributed by atoms with Crippen molar-refractivity contribution in [2.75, 3.05) is 6.61 Å². The molecular formula is C15H19NO. The lowest BCUT2D eigenvalue weighted by molar-refractivity contribution is 0.238. The Bertz CT molecular complexity index is 472. The van der Waals surface area contributed by atoms with Crippen molar-refractivity contribution < 1.29 is 5.11 Å². The van der Waals surface area contributed by atoms with Crippen molar-refractivity contribution in [3.63, 3.8) is 0 Å². The van der Waals surface area contributed by atoms with Gasteiger partial charge in [0.1, 0.15) is 0 Å². The lowest BCUT2D eigenvalue weighted by atomic mass is 10.0. The van der Waals surface area contributed by atoms with Crippen LogP contribution < -0.4 is 5.32 Å². The topological polar surface area (TPSA) is 32.3 Å². The van der Waals surface area contributed by atoms with E-state index in [4.69, 9.17) is 5.11 Å². The average molecular weight is 229 g/mol. The molecule has 0 aliphatic rings. The molecule has 0 aliphatic carbocycles. The van der Waals surface area contributed by atoms with Crippen molar-refractivity contribution in [1.82, 2.24) is 5.32 Å². The minimum absolute atomic E-state index is 0.189. The van der Waals surface area contributed by atoms with Gasteiger partial charge in [0.25, 0.3) is 0 Å². The number of hydrogen-bond acceptors (Lipinski definition) is 2. The highest BCUT2D eigenvalue weighted by molar-refractivity contribution is 5.85. The summed E-state index contributed by atoms with van der Waals surface area (Å²) < 4.78 is 0. The lowest BCUT2D eigenvalue weighted by Crippen LogP contribution is -2.31. The molecule has 2 aromatic rings. The summed E-state index contributed by atoms with van der Waals surface area (Å²) in [5, 5.41) is 15.1. The highest BCUT2D eigenvalue weighted by atomic mass is 16.3. The smallest absolute Gasteiger partial charge is 0.0584 e. The highest BCUT2D eigenvalue weighted by Gasteiger charge is 2.05. The van der Waals surface area contributed by atoms with Crippen molar-refractivity contribution in [1.29, 1.82) is 0 Å². The van der Waals surface area contributed by atoms with Crippen molar-refractivity contribution >= 4 is 10.8 Å². The van der Waals surface area contributed by atoms with Gasteiger partial charge in [-0.3, -0.25) is 0 Å². The summed E-state index contributed by atoms with van der Waals surface area (Å²) in [4.78, 5) is 0. The van der Waals surface area contributed by atoms with Crippen molar-refractivity contribution in [2.24, 2.45) is 0 Å². The summed E-state index contributed by atoms with van der Waals surface area (Å²) in [5.41, 5.74) is 1.29. The van der Waals surface area contributed by atoms with Crippen molar-refractivity contribution in [3.05, 3.63) is 48.0 Å². The van der Waals surface area contributed by atoms with Crippen LogP contribution in [0.1, 0.15) is 18.9 Å². The molecule has 0 saturated carbocycles. The minimum atomic E-state index is 0.189. The van der Waals surface area contributed by atoms with E-state index in [1.54, 1.807) is 0 Å². The molecule has 1 atom stereocenters. The largest absolute Gasteiger partial charge is 0.395 e. The third-order valence-corrected chi connectivity index (χ3v) is 3.17. The summed E-state index contributed by atoms with van der Waals surface area (Å²) in [7, 11) is 0. The number of aliphatic hydroxyl groups is 1. The average Bonchev–Trinajstić information content (AvgIpc) is 2.40. The first-order chi connectivity index (χ1) is 8.35. The maximum atomic E-state index is 9.15. The molecule has 2 rings (SSSR count). The Morgan fingerprint density at radius 1 is 1.12 bits per heavy atom. The van der Waals surface area contributed by atoms with Gasteiger partial charge in [0.05, 0.1) is 6.61 Å². The predicted molar refractivity (Wildman–Crippen MR) is 72.0 cm³/mol. The number of rotatable bonds is 5. The van der Waals surface area contributed by atoms with Gasteiger partial charge in [-0.1, -0.05) is 49.4 Å². The number of benzene rings is 2. The van der Waals surface area contributed by atoms with Gasteiger partial charge in [-0.2, -0.15) is 0 Å². The van der Waals surface area contributed by atoms with Gasteiger partial charge in [0.15, 0.2) is 0 Å². The zero-order chi connectivity index (χ0) is 12.1. The fraction of sp³-hybridized carbons (Fsp3) is 0.333. The molecule has 0 aromatic heterocycles. The van der Waals surface area contributed by atoms with Gasteiger partial charge < -0.3 is 10.4 Å². The van der Waals surface area contributed by atoms with Crippen molar-refractivity contribution in [2.45, 2.75) is 25.9 Å². The Morgan fingerprint density at radius 3 is 2.65 bits per heavy atom. The number of aliphatic hydroxyl groups excluding tert-OH is 1. The van der Waals surface area contributed by atoms with E-state index in [9.17, 15) is 0 Å². The SMILES string of the molecule is CC[C@H](CO)NCc1cccc2ccccc12. The van der Waals surface area contributed by atoms with Gasteiger partial charge in [-0.15, -0.1) is 0 Å². The molecule has 2 nitrogen and oxygen atoms in total. The van der Waals surface area contributed by atoms with Gasteiger partial charge in [-0.25, -0.2) is 0 Å². The first kappa shape index (κ1) is 12.1. The summed E-state index contributed by atoms with van der Waals surface area (Å²) >= 11 is 0. The second kappa shape index (κ2) is 5.80.